The summed E-state index contributed by atoms with van der Waals surface area (Å²) in [6.45, 7) is 0.236. The SMILES string of the molecule is COc1cccc(CNC(=O)c2ncnc(O)c2O)c1. The minimum absolute atomic E-state index is 0.236. The van der Waals surface area contributed by atoms with Crippen molar-refractivity contribution in [2.24, 2.45) is 0 Å². The molecule has 0 spiro atoms. The van der Waals surface area contributed by atoms with Gasteiger partial charge in [-0.25, -0.2) is 4.98 Å². The average molecular weight is 275 g/mol. The summed E-state index contributed by atoms with van der Waals surface area (Å²) in [6, 6.07) is 7.19. The molecular formula is C13H13N3O4. The molecule has 20 heavy (non-hydrogen) atoms. The first-order valence-electron chi connectivity index (χ1n) is 5.76. The topological polar surface area (TPSA) is 105 Å². The lowest BCUT2D eigenvalue weighted by molar-refractivity contribution is 0.0941. The van der Waals surface area contributed by atoms with Crippen LogP contribution in [-0.4, -0.2) is 33.2 Å². The van der Waals surface area contributed by atoms with E-state index in [0.717, 1.165) is 11.9 Å². The Labute approximate surface area is 114 Å². The highest BCUT2D eigenvalue weighted by Crippen LogP contribution is 2.23. The number of benzene rings is 1. The fraction of sp³-hybridized carbons (Fsp3) is 0.154. The van der Waals surface area contributed by atoms with Gasteiger partial charge in [-0.15, -0.1) is 0 Å². The van der Waals surface area contributed by atoms with E-state index in [2.05, 4.69) is 15.3 Å². The first kappa shape index (κ1) is 13.6. The van der Waals surface area contributed by atoms with Gasteiger partial charge >= 0.3 is 0 Å². The second-order valence-electron chi connectivity index (χ2n) is 3.93. The fourth-order valence-electron chi connectivity index (χ4n) is 1.58. The van der Waals surface area contributed by atoms with Crippen molar-refractivity contribution in [3.63, 3.8) is 0 Å². The second kappa shape index (κ2) is 5.87. The molecule has 0 unspecified atom stereocenters. The van der Waals surface area contributed by atoms with Crippen LogP contribution in [0.15, 0.2) is 30.6 Å². The molecule has 0 aliphatic carbocycles. The number of carbonyl (C=O) groups is 1. The molecule has 0 aliphatic heterocycles. The number of aromatic nitrogens is 2. The van der Waals surface area contributed by atoms with Crippen LogP contribution in [0.1, 0.15) is 16.1 Å². The van der Waals surface area contributed by atoms with Crippen molar-refractivity contribution in [3.05, 3.63) is 41.9 Å². The standard InChI is InChI=1S/C13H13N3O4/c1-20-9-4-2-3-8(5-9)6-14-12(18)10-11(17)13(19)16-7-15-10/h2-5,7,17H,6H2,1H3,(H,14,18)(H,15,16,19). The predicted molar refractivity (Wildman–Crippen MR) is 69.5 cm³/mol. The number of nitrogens with zero attached hydrogens (tertiary/aromatic N) is 2. The van der Waals surface area contributed by atoms with Crippen molar-refractivity contribution < 1.29 is 19.7 Å². The molecule has 1 amide bonds. The number of nitrogens with one attached hydrogen (secondary N) is 1. The molecule has 0 aliphatic rings. The third-order valence-electron chi connectivity index (χ3n) is 2.61. The van der Waals surface area contributed by atoms with Crippen LogP contribution >= 0.6 is 0 Å². The van der Waals surface area contributed by atoms with E-state index < -0.39 is 17.5 Å². The highest BCUT2D eigenvalue weighted by molar-refractivity contribution is 5.95. The number of methoxy groups -OCH3 is 1. The first-order chi connectivity index (χ1) is 9.61. The molecule has 0 radical (unpaired) electrons. The van der Waals surface area contributed by atoms with Crippen molar-refractivity contribution in [2.75, 3.05) is 7.11 Å². The summed E-state index contributed by atoms with van der Waals surface area (Å²) in [6.07, 6.45) is 0.996. The highest BCUT2D eigenvalue weighted by atomic mass is 16.5. The molecule has 1 aromatic carbocycles. The predicted octanol–water partition coefficient (Wildman–Crippen LogP) is 0.826. The van der Waals surface area contributed by atoms with Crippen LogP contribution in [0.4, 0.5) is 0 Å². The van der Waals surface area contributed by atoms with Crippen LogP contribution in [-0.2, 0) is 6.54 Å². The Bertz CT molecular complexity index is 631. The normalized spacial score (nSPS) is 10.1. The van der Waals surface area contributed by atoms with Crippen molar-refractivity contribution in [1.29, 1.82) is 0 Å². The maximum atomic E-state index is 11.8. The van der Waals surface area contributed by atoms with Crippen LogP contribution in [0.3, 0.4) is 0 Å². The van der Waals surface area contributed by atoms with E-state index in [1.807, 2.05) is 6.07 Å². The van der Waals surface area contributed by atoms with E-state index in [1.165, 1.54) is 0 Å². The van der Waals surface area contributed by atoms with Gasteiger partial charge in [0, 0.05) is 6.54 Å². The molecule has 0 saturated carbocycles. The molecule has 1 heterocycles. The summed E-state index contributed by atoms with van der Waals surface area (Å²) in [5, 5.41) is 21.3. The summed E-state index contributed by atoms with van der Waals surface area (Å²) < 4.78 is 5.07. The van der Waals surface area contributed by atoms with Gasteiger partial charge in [0.15, 0.2) is 5.69 Å². The monoisotopic (exact) mass is 275 g/mol. The summed E-state index contributed by atoms with van der Waals surface area (Å²) >= 11 is 0. The van der Waals surface area contributed by atoms with Crippen molar-refractivity contribution in [2.45, 2.75) is 6.54 Å². The van der Waals surface area contributed by atoms with Crippen LogP contribution in [0.2, 0.25) is 0 Å². The van der Waals surface area contributed by atoms with Gasteiger partial charge in [0.2, 0.25) is 5.75 Å². The molecule has 3 N–H and O–H groups in total. The molecule has 7 nitrogen and oxygen atoms in total. The Morgan fingerprint density at radius 3 is 2.90 bits per heavy atom. The Hall–Kier alpha value is -2.83. The third kappa shape index (κ3) is 2.94. The summed E-state index contributed by atoms with van der Waals surface area (Å²) in [5.74, 6) is -1.20. The largest absolute Gasteiger partial charge is 0.501 e. The molecule has 104 valence electrons. The van der Waals surface area contributed by atoms with E-state index in [4.69, 9.17) is 4.74 Å². The lowest BCUT2D eigenvalue weighted by Crippen LogP contribution is -2.24. The number of aromatic hydroxyl groups is 2. The second-order valence-corrected chi connectivity index (χ2v) is 3.93. The fourth-order valence-corrected chi connectivity index (χ4v) is 1.58. The molecule has 0 saturated heterocycles. The average Bonchev–Trinajstić information content (AvgIpc) is 2.48. The van der Waals surface area contributed by atoms with Crippen LogP contribution < -0.4 is 10.1 Å². The number of hydrogen-bond acceptors (Lipinski definition) is 6. The van der Waals surface area contributed by atoms with Crippen molar-refractivity contribution in [3.8, 4) is 17.4 Å². The van der Waals surface area contributed by atoms with Gasteiger partial charge in [-0.2, -0.15) is 4.98 Å². The zero-order valence-corrected chi connectivity index (χ0v) is 10.7. The van der Waals surface area contributed by atoms with Crippen molar-refractivity contribution >= 4 is 5.91 Å². The van der Waals surface area contributed by atoms with E-state index in [1.54, 1.807) is 25.3 Å². The number of ether oxygens (including phenoxy) is 1. The Morgan fingerprint density at radius 2 is 2.15 bits per heavy atom. The summed E-state index contributed by atoms with van der Waals surface area (Å²) in [4.78, 5) is 18.8. The molecule has 0 fully saturated rings. The van der Waals surface area contributed by atoms with Gasteiger partial charge in [-0.1, -0.05) is 12.1 Å². The third-order valence-corrected chi connectivity index (χ3v) is 2.61. The van der Waals surface area contributed by atoms with Gasteiger partial charge in [0.05, 0.1) is 7.11 Å². The minimum atomic E-state index is -0.643. The van der Waals surface area contributed by atoms with E-state index in [9.17, 15) is 15.0 Å². The Kier molecular flexibility index (Phi) is 3.99. The molecule has 2 aromatic rings. The number of amides is 1. The van der Waals surface area contributed by atoms with Crippen LogP contribution in [0.25, 0.3) is 0 Å². The lowest BCUT2D eigenvalue weighted by Gasteiger charge is -2.07. The van der Waals surface area contributed by atoms with Crippen molar-refractivity contribution in [1.82, 2.24) is 15.3 Å². The van der Waals surface area contributed by atoms with Crippen LogP contribution in [0, 0.1) is 0 Å². The molecule has 1 aromatic heterocycles. The maximum Gasteiger partial charge on any atom is 0.274 e. The number of hydrogen-bond donors (Lipinski definition) is 3. The van der Waals surface area contributed by atoms with E-state index in [0.29, 0.717) is 5.75 Å². The first-order valence-corrected chi connectivity index (χ1v) is 5.76. The van der Waals surface area contributed by atoms with E-state index in [-0.39, 0.29) is 12.2 Å². The summed E-state index contributed by atoms with van der Waals surface area (Å²) in [7, 11) is 1.55. The molecule has 2 rings (SSSR count). The van der Waals surface area contributed by atoms with E-state index >= 15 is 0 Å². The smallest absolute Gasteiger partial charge is 0.274 e. The van der Waals surface area contributed by atoms with Gasteiger partial charge < -0.3 is 20.3 Å². The Morgan fingerprint density at radius 1 is 1.35 bits per heavy atom. The maximum absolute atomic E-state index is 11.8. The van der Waals surface area contributed by atoms with Gasteiger partial charge in [-0.3, -0.25) is 4.79 Å². The zero-order valence-electron chi connectivity index (χ0n) is 10.7. The zero-order chi connectivity index (χ0) is 14.5. The Balaban J connectivity index is 2.06. The molecule has 7 heteroatoms. The quantitative estimate of drug-likeness (QED) is 0.763. The number of carbonyl (C=O) groups excluding carboxylic acids is 1. The molecular weight excluding hydrogens is 262 g/mol. The lowest BCUT2D eigenvalue weighted by atomic mass is 10.2. The van der Waals surface area contributed by atoms with Gasteiger partial charge in [0.1, 0.15) is 12.1 Å². The number of rotatable bonds is 4. The minimum Gasteiger partial charge on any atom is -0.501 e. The summed E-state index contributed by atoms with van der Waals surface area (Å²) in [5.41, 5.74) is 0.552. The highest BCUT2D eigenvalue weighted by Gasteiger charge is 2.16. The molecule has 0 atom stereocenters. The van der Waals surface area contributed by atoms with Gasteiger partial charge in [-0.05, 0) is 17.7 Å². The van der Waals surface area contributed by atoms with Gasteiger partial charge in [0.25, 0.3) is 11.8 Å². The van der Waals surface area contributed by atoms with Crippen LogP contribution in [0.5, 0.6) is 17.4 Å². The molecule has 0 bridgehead atoms.